The molecule has 5 aromatic rings. The van der Waals surface area contributed by atoms with Crippen LogP contribution in [0.2, 0.25) is 0 Å². The first-order valence-electron chi connectivity index (χ1n) is 18.2. The summed E-state index contributed by atoms with van der Waals surface area (Å²) in [7, 11) is -0.981. The summed E-state index contributed by atoms with van der Waals surface area (Å²) in [6.45, 7) is 20.3. The van der Waals surface area contributed by atoms with Crippen molar-refractivity contribution in [2.45, 2.75) is 92.4 Å². The molecule has 0 aliphatic carbocycles. The van der Waals surface area contributed by atoms with Crippen LogP contribution in [0.4, 0.5) is 17.1 Å². The maximum Gasteiger partial charge on any atom is 0.138 e. The van der Waals surface area contributed by atoms with Crippen molar-refractivity contribution in [2.75, 3.05) is 5.32 Å². The van der Waals surface area contributed by atoms with E-state index in [0.29, 0.717) is 23.7 Å². The number of amidine groups is 1. The molecule has 0 atom stereocenters. The van der Waals surface area contributed by atoms with Gasteiger partial charge in [-0.05, 0) is 93.3 Å². The van der Waals surface area contributed by atoms with Crippen LogP contribution in [0.15, 0.2) is 131 Å². The lowest BCUT2D eigenvalue weighted by Gasteiger charge is -2.24. The van der Waals surface area contributed by atoms with Gasteiger partial charge in [-0.1, -0.05) is 152 Å². The van der Waals surface area contributed by atoms with Crippen molar-refractivity contribution >= 4 is 46.9 Å². The lowest BCUT2D eigenvalue weighted by molar-refractivity contribution is 0.811. The number of para-hydroxylation sites is 1. The minimum atomic E-state index is -0.981. The third-order valence-corrected chi connectivity index (χ3v) is 11.4. The largest absolute Gasteiger partial charge is 0.339 e. The average molecular weight is 680 g/mol. The van der Waals surface area contributed by atoms with Gasteiger partial charge in [-0.25, -0.2) is 4.99 Å². The number of hydrogen-bond donors (Lipinski definition) is 1. The number of nitrogens with zero attached hydrogens (tertiary/aromatic N) is 2. The van der Waals surface area contributed by atoms with Crippen molar-refractivity contribution < 1.29 is 0 Å². The Hall–Kier alpha value is -4.33. The topological polar surface area (TPSA) is 36.8 Å². The number of nitrogens with one attached hydrogen (secondary N) is 1. The van der Waals surface area contributed by atoms with Gasteiger partial charge >= 0.3 is 0 Å². The quantitative estimate of drug-likeness (QED) is 0.0795. The van der Waals surface area contributed by atoms with E-state index in [4.69, 9.17) is 9.98 Å². The molecule has 0 aliphatic heterocycles. The van der Waals surface area contributed by atoms with Gasteiger partial charge in [0.1, 0.15) is 5.58 Å². The second-order valence-corrected chi connectivity index (χ2v) is 16.6. The molecule has 0 saturated heterocycles. The van der Waals surface area contributed by atoms with Gasteiger partial charge in [-0.3, -0.25) is 4.99 Å². The summed E-state index contributed by atoms with van der Waals surface area (Å²) in [5.41, 5.74) is 11.9. The van der Waals surface area contributed by atoms with E-state index < -0.39 is 7.92 Å². The van der Waals surface area contributed by atoms with Crippen LogP contribution in [0.25, 0.3) is 0 Å². The van der Waals surface area contributed by atoms with Crippen molar-refractivity contribution in [1.29, 1.82) is 0 Å². The molecule has 0 radical (unpaired) electrons. The summed E-state index contributed by atoms with van der Waals surface area (Å²) < 4.78 is 0. The van der Waals surface area contributed by atoms with Crippen molar-refractivity contribution in [2.24, 2.45) is 9.98 Å². The van der Waals surface area contributed by atoms with Crippen molar-refractivity contribution in [3.63, 3.8) is 0 Å². The molecule has 0 aliphatic rings. The Kier molecular flexibility index (Phi) is 12.6. The van der Waals surface area contributed by atoms with E-state index in [0.717, 1.165) is 34.8 Å². The van der Waals surface area contributed by atoms with Crippen LogP contribution >= 0.6 is 7.92 Å². The molecule has 0 unspecified atom stereocenters. The number of rotatable bonds is 12. The highest BCUT2D eigenvalue weighted by Crippen LogP contribution is 2.41. The van der Waals surface area contributed by atoms with E-state index >= 15 is 0 Å². The molecule has 0 bridgehead atoms. The van der Waals surface area contributed by atoms with Gasteiger partial charge in [0.25, 0.3) is 0 Å². The average Bonchev–Trinajstić information content (AvgIpc) is 3.10. The van der Waals surface area contributed by atoms with Crippen LogP contribution in [0.3, 0.4) is 0 Å². The lowest BCUT2D eigenvalue weighted by Crippen LogP contribution is -2.23. The minimum absolute atomic E-state index is 0.345. The maximum absolute atomic E-state index is 5.62. The van der Waals surface area contributed by atoms with E-state index in [2.05, 4.69) is 189 Å². The summed E-state index contributed by atoms with van der Waals surface area (Å²) in [6.07, 6.45) is 0.852. The van der Waals surface area contributed by atoms with Crippen LogP contribution in [-0.2, 0) is 6.42 Å². The number of aliphatic imine (C=N–C) groups is 2. The molecule has 258 valence electrons. The highest BCUT2D eigenvalue weighted by molar-refractivity contribution is 7.88. The van der Waals surface area contributed by atoms with Crippen LogP contribution in [0.1, 0.15) is 114 Å². The highest BCUT2D eigenvalue weighted by atomic mass is 31.1. The molecule has 0 aromatic heterocycles. The summed E-state index contributed by atoms with van der Waals surface area (Å²) in [5, 5.41) is 6.36. The van der Waals surface area contributed by atoms with Gasteiger partial charge in [0.05, 0.1) is 11.4 Å². The Labute approximate surface area is 302 Å². The molecule has 0 amide bonds. The molecule has 0 heterocycles. The Morgan fingerprint density at radius 3 is 1.40 bits per heavy atom. The zero-order valence-electron chi connectivity index (χ0n) is 31.4. The number of hydrogen-bond acceptors (Lipinski definition) is 2. The molecule has 1 N–H and O–H groups in total. The Balaban J connectivity index is 1.56. The van der Waals surface area contributed by atoms with Crippen LogP contribution in [-0.4, -0.2) is 11.3 Å². The molecule has 0 spiro atoms. The van der Waals surface area contributed by atoms with E-state index in [9.17, 15) is 0 Å². The van der Waals surface area contributed by atoms with Gasteiger partial charge in [0.15, 0.2) is 0 Å². The van der Waals surface area contributed by atoms with E-state index in [1.807, 2.05) is 0 Å². The van der Waals surface area contributed by atoms with E-state index in [-0.39, 0.29) is 0 Å². The zero-order valence-corrected chi connectivity index (χ0v) is 32.3. The SMILES string of the molecule is CC(Cc1c(C(C)C)cccc1C(C)C)=Nc1ccc(NC(=Nc2c(C(C)C)cccc2C(C)C)P(c2ccccc2)c2ccccc2)cc1. The molecule has 50 heavy (non-hydrogen) atoms. The van der Waals surface area contributed by atoms with Gasteiger partial charge < -0.3 is 5.32 Å². The Morgan fingerprint density at radius 1 is 0.520 bits per heavy atom. The predicted molar refractivity (Wildman–Crippen MR) is 222 cm³/mol. The highest BCUT2D eigenvalue weighted by Gasteiger charge is 2.23. The Morgan fingerprint density at radius 2 is 0.960 bits per heavy atom. The fourth-order valence-corrected chi connectivity index (χ4v) is 8.77. The standard InChI is InChI=1S/C46H54N3P/c1-31(2)40-22-16-23-41(32(3)4)44(40)30-35(9)47-36-26-28-37(29-27-36)48-46(49-45-42(33(5)6)24-17-25-43(45)34(7)8)50(38-18-12-10-13-19-38)39-20-14-11-15-21-39/h10-29,31-34H,30H2,1-9H3,(H,48,49). The zero-order chi connectivity index (χ0) is 35.8. The molecule has 0 saturated carbocycles. The van der Waals surface area contributed by atoms with Crippen LogP contribution in [0.5, 0.6) is 0 Å². The first-order chi connectivity index (χ1) is 24.0. The van der Waals surface area contributed by atoms with Crippen molar-refractivity contribution in [3.05, 3.63) is 149 Å². The molecular formula is C46H54N3P. The summed E-state index contributed by atoms with van der Waals surface area (Å²) >= 11 is 0. The molecular weight excluding hydrogens is 626 g/mol. The van der Waals surface area contributed by atoms with E-state index in [1.165, 1.54) is 38.4 Å². The summed E-state index contributed by atoms with van der Waals surface area (Å²) in [5.74, 6) is 1.63. The van der Waals surface area contributed by atoms with Crippen molar-refractivity contribution in [3.8, 4) is 0 Å². The molecule has 5 rings (SSSR count). The third-order valence-electron chi connectivity index (χ3n) is 9.17. The first-order valence-corrected chi connectivity index (χ1v) is 19.5. The first kappa shape index (κ1) is 36.9. The van der Waals surface area contributed by atoms with Gasteiger partial charge in [-0.15, -0.1) is 0 Å². The van der Waals surface area contributed by atoms with Gasteiger partial charge in [-0.2, -0.15) is 0 Å². The molecule has 4 heteroatoms. The predicted octanol–water partition coefficient (Wildman–Crippen LogP) is 12.7. The fraction of sp³-hybridized carbons (Fsp3) is 0.304. The minimum Gasteiger partial charge on any atom is -0.339 e. The molecule has 5 aromatic carbocycles. The molecule has 3 nitrogen and oxygen atoms in total. The second-order valence-electron chi connectivity index (χ2n) is 14.5. The lowest BCUT2D eigenvalue weighted by atomic mass is 9.86. The monoisotopic (exact) mass is 679 g/mol. The van der Waals surface area contributed by atoms with E-state index in [1.54, 1.807) is 0 Å². The summed E-state index contributed by atoms with van der Waals surface area (Å²) in [4.78, 5) is 10.7. The summed E-state index contributed by atoms with van der Waals surface area (Å²) in [6, 6.07) is 43.6. The van der Waals surface area contributed by atoms with Crippen molar-refractivity contribution in [1.82, 2.24) is 0 Å². The second kappa shape index (κ2) is 17.1. The maximum atomic E-state index is 5.62. The van der Waals surface area contributed by atoms with Gasteiger partial charge in [0.2, 0.25) is 0 Å². The Bertz CT molecular complexity index is 1810. The smallest absolute Gasteiger partial charge is 0.138 e. The third kappa shape index (κ3) is 9.06. The van der Waals surface area contributed by atoms with Gasteiger partial charge in [0, 0.05) is 25.7 Å². The van der Waals surface area contributed by atoms with Crippen LogP contribution in [0, 0.1) is 0 Å². The van der Waals surface area contributed by atoms with Crippen LogP contribution < -0.4 is 15.9 Å². The number of anilines is 1. The molecule has 0 fully saturated rings. The number of benzene rings is 5. The fourth-order valence-electron chi connectivity index (χ4n) is 6.60. The normalized spacial score (nSPS) is 12.5.